The van der Waals surface area contributed by atoms with E-state index in [4.69, 9.17) is 0 Å². The van der Waals surface area contributed by atoms with Gasteiger partial charge in [0, 0.05) is 47.2 Å². The number of aromatic nitrogens is 1. The number of nitrogens with one attached hydrogen (secondary N) is 1. The molecular formula is C28H33F3N4O. The number of phenolic OH excluding ortho intramolecular Hbond substituents is 1. The van der Waals surface area contributed by atoms with Gasteiger partial charge in [-0.1, -0.05) is 18.9 Å². The molecule has 0 atom stereocenters. The predicted octanol–water partition coefficient (Wildman–Crippen LogP) is 6.67. The standard InChI is InChI=1S/C28H33F3N4O/c29-28(30,31)22-7-8-24-25(9-10-32-26(24)17-22)33-23-15-20(18-34-11-3-1-4-12-34)27(36)21(16-23)19-35-13-5-2-6-14-35/h7-10,15-17,36H,1-6,11-14,18-19H2,(H,32,33). The minimum atomic E-state index is -4.41. The third-order valence-electron chi connectivity index (χ3n) is 7.30. The van der Waals surface area contributed by atoms with E-state index in [0.29, 0.717) is 29.9 Å². The van der Waals surface area contributed by atoms with Gasteiger partial charge in [0.2, 0.25) is 0 Å². The van der Waals surface area contributed by atoms with Gasteiger partial charge in [-0.3, -0.25) is 14.8 Å². The van der Waals surface area contributed by atoms with E-state index in [2.05, 4.69) is 20.1 Å². The summed E-state index contributed by atoms with van der Waals surface area (Å²) in [5, 5.41) is 15.3. The molecule has 2 aliphatic rings. The maximum absolute atomic E-state index is 13.2. The van der Waals surface area contributed by atoms with E-state index >= 15 is 0 Å². The van der Waals surface area contributed by atoms with Gasteiger partial charge >= 0.3 is 6.18 Å². The molecule has 2 aromatic carbocycles. The molecule has 192 valence electrons. The van der Waals surface area contributed by atoms with Crippen molar-refractivity contribution in [3.05, 3.63) is 59.3 Å². The number of hydrogen-bond donors (Lipinski definition) is 2. The zero-order valence-electron chi connectivity index (χ0n) is 20.4. The average Bonchev–Trinajstić information content (AvgIpc) is 2.87. The van der Waals surface area contributed by atoms with Gasteiger partial charge in [-0.25, -0.2) is 0 Å². The lowest BCUT2D eigenvalue weighted by Crippen LogP contribution is -2.30. The molecule has 1 aromatic heterocycles. The van der Waals surface area contributed by atoms with Crippen LogP contribution < -0.4 is 5.32 Å². The molecule has 3 heterocycles. The van der Waals surface area contributed by atoms with Crippen LogP contribution in [0.25, 0.3) is 10.9 Å². The first-order valence-electron chi connectivity index (χ1n) is 12.9. The lowest BCUT2D eigenvalue weighted by molar-refractivity contribution is -0.137. The Bertz CT molecular complexity index is 1160. The Kier molecular flexibility index (Phi) is 7.34. The van der Waals surface area contributed by atoms with E-state index in [1.54, 1.807) is 6.07 Å². The maximum atomic E-state index is 13.2. The topological polar surface area (TPSA) is 51.6 Å². The van der Waals surface area contributed by atoms with Crippen molar-refractivity contribution >= 4 is 22.3 Å². The van der Waals surface area contributed by atoms with E-state index in [1.165, 1.54) is 50.8 Å². The second-order valence-electron chi connectivity index (χ2n) is 10.0. The fraction of sp³-hybridized carbons (Fsp3) is 0.464. The van der Waals surface area contributed by atoms with Gasteiger partial charge in [-0.05, 0) is 82.2 Å². The molecule has 0 aliphatic carbocycles. The van der Waals surface area contributed by atoms with Crippen LogP contribution in [0.2, 0.25) is 0 Å². The van der Waals surface area contributed by atoms with Crippen molar-refractivity contribution in [2.45, 2.75) is 57.8 Å². The van der Waals surface area contributed by atoms with Crippen molar-refractivity contribution in [3.8, 4) is 5.75 Å². The summed E-state index contributed by atoms with van der Waals surface area (Å²) in [7, 11) is 0. The summed E-state index contributed by atoms with van der Waals surface area (Å²) in [4.78, 5) is 8.93. The minimum Gasteiger partial charge on any atom is -0.507 e. The molecule has 3 aromatic rings. The summed E-state index contributed by atoms with van der Waals surface area (Å²) in [6.07, 6.45) is 4.28. The van der Waals surface area contributed by atoms with Crippen LogP contribution in [0.3, 0.4) is 0 Å². The van der Waals surface area contributed by atoms with Gasteiger partial charge in [-0.15, -0.1) is 0 Å². The first kappa shape index (κ1) is 24.8. The number of pyridine rings is 1. The third-order valence-corrected chi connectivity index (χ3v) is 7.30. The maximum Gasteiger partial charge on any atom is 0.416 e. The fourth-order valence-electron chi connectivity index (χ4n) is 5.38. The Morgan fingerprint density at radius 3 is 1.94 bits per heavy atom. The Balaban J connectivity index is 1.47. The molecule has 0 unspecified atom stereocenters. The summed E-state index contributed by atoms with van der Waals surface area (Å²) in [6.45, 7) is 5.45. The summed E-state index contributed by atoms with van der Waals surface area (Å²) in [6, 6.07) is 9.37. The van der Waals surface area contributed by atoms with Crippen molar-refractivity contribution in [1.29, 1.82) is 0 Å². The van der Waals surface area contributed by atoms with Crippen LogP contribution in [0, 0.1) is 0 Å². The molecule has 0 radical (unpaired) electrons. The lowest BCUT2D eigenvalue weighted by atomic mass is 10.0. The van der Waals surface area contributed by atoms with Crippen LogP contribution in [0.15, 0.2) is 42.6 Å². The summed E-state index contributed by atoms with van der Waals surface area (Å²) in [5.74, 6) is 0.353. The van der Waals surface area contributed by atoms with Crippen molar-refractivity contribution in [2.24, 2.45) is 0 Å². The number of anilines is 2. The predicted molar refractivity (Wildman–Crippen MR) is 136 cm³/mol. The molecule has 0 amide bonds. The number of halogens is 3. The number of aromatic hydroxyl groups is 1. The number of likely N-dealkylation sites (tertiary alicyclic amines) is 2. The molecule has 0 saturated carbocycles. The Labute approximate surface area is 209 Å². The number of nitrogens with zero attached hydrogens (tertiary/aromatic N) is 3. The normalized spacial score (nSPS) is 18.0. The second kappa shape index (κ2) is 10.6. The summed E-state index contributed by atoms with van der Waals surface area (Å²) >= 11 is 0. The van der Waals surface area contributed by atoms with Crippen molar-refractivity contribution in [1.82, 2.24) is 14.8 Å². The fourth-order valence-corrected chi connectivity index (χ4v) is 5.38. The minimum absolute atomic E-state index is 0.288. The van der Waals surface area contributed by atoms with Crippen LogP contribution in [0.5, 0.6) is 5.75 Å². The van der Waals surface area contributed by atoms with Crippen molar-refractivity contribution in [2.75, 3.05) is 31.5 Å². The first-order chi connectivity index (χ1) is 17.4. The zero-order chi connectivity index (χ0) is 25.1. The quantitative estimate of drug-likeness (QED) is 0.372. The first-order valence-corrected chi connectivity index (χ1v) is 12.9. The second-order valence-corrected chi connectivity index (χ2v) is 10.0. The molecule has 5 nitrogen and oxygen atoms in total. The van der Waals surface area contributed by atoms with Crippen molar-refractivity contribution < 1.29 is 18.3 Å². The number of alkyl halides is 3. The van der Waals surface area contributed by atoms with Crippen LogP contribution in [0.4, 0.5) is 24.5 Å². The number of rotatable bonds is 6. The molecular weight excluding hydrogens is 465 g/mol. The third kappa shape index (κ3) is 5.76. The van der Waals surface area contributed by atoms with Crippen LogP contribution in [-0.2, 0) is 19.3 Å². The SMILES string of the molecule is Oc1c(CN2CCCCC2)cc(Nc2ccnc3cc(C(F)(F)F)ccc23)cc1CN1CCCCC1. The van der Waals surface area contributed by atoms with Gasteiger partial charge in [0.25, 0.3) is 0 Å². The number of benzene rings is 2. The van der Waals surface area contributed by atoms with E-state index in [0.717, 1.165) is 55.1 Å². The van der Waals surface area contributed by atoms with E-state index < -0.39 is 11.7 Å². The van der Waals surface area contributed by atoms with E-state index in [1.807, 2.05) is 12.1 Å². The number of phenols is 1. The average molecular weight is 499 g/mol. The Morgan fingerprint density at radius 1 is 0.806 bits per heavy atom. The molecule has 0 spiro atoms. The summed E-state index contributed by atoms with van der Waals surface area (Å²) < 4.78 is 39.6. The molecule has 2 saturated heterocycles. The highest BCUT2D eigenvalue weighted by Crippen LogP contribution is 2.35. The molecule has 8 heteroatoms. The largest absolute Gasteiger partial charge is 0.507 e. The van der Waals surface area contributed by atoms with Gasteiger partial charge < -0.3 is 10.4 Å². The van der Waals surface area contributed by atoms with Crippen LogP contribution >= 0.6 is 0 Å². The summed E-state index contributed by atoms with van der Waals surface area (Å²) in [5.41, 5.74) is 2.84. The zero-order valence-corrected chi connectivity index (χ0v) is 20.4. The Hall–Kier alpha value is -2.84. The number of piperidine rings is 2. The monoisotopic (exact) mass is 498 g/mol. The van der Waals surface area contributed by atoms with Crippen LogP contribution in [0.1, 0.15) is 55.2 Å². The van der Waals surface area contributed by atoms with Gasteiger partial charge in [-0.2, -0.15) is 13.2 Å². The molecule has 2 N–H and O–H groups in total. The van der Waals surface area contributed by atoms with E-state index in [9.17, 15) is 18.3 Å². The molecule has 5 rings (SSSR count). The Morgan fingerprint density at radius 2 is 1.39 bits per heavy atom. The van der Waals surface area contributed by atoms with Gasteiger partial charge in [0.15, 0.2) is 0 Å². The molecule has 36 heavy (non-hydrogen) atoms. The van der Waals surface area contributed by atoms with Crippen molar-refractivity contribution in [3.63, 3.8) is 0 Å². The number of fused-ring (bicyclic) bond motifs is 1. The molecule has 2 fully saturated rings. The van der Waals surface area contributed by atoms with E-state index in [-0.39, 0.29) is 5.52 Å². The highest BCUT2D eigenvalue weighted by atomic mass is 19.4. The number of hydrogen-bond acceptors (Lipinski definition) is 5. The highest BCUT2D eigenvalue weighted by Gasteiger charge is 2.30. The molecule has 0 bridgehead atoms. The lowest BCUT2D eigenvalue weighted by Gasteiger charge is -2.29. The van der Waals surface area contributed by atoms with Gasteiger partial charge in [0.1, 0.15) is 5.75 Å². The van der Waals surface area contributed by atoms with Gasteiger partial charge in [0.05, 0.1) is 11.1 Å². The molecule has 2 aliphatic heterocycles. The van der Waals surface area contributed by atoms with Crippen LogP contribution in [-0.4, -0.2) is 46.1 Å². The highest BCUT2D eigenvalue weighted by molar-refractivity contribution is 5.93. The smallest absolute Gasteiger partial charge is 0.416 e.